The predicted octanol–water partition coefficient (Wildman–Crippen LogP) is 1.55. The van der Waals surface area contributed by atoms with Gasteiger partial charge in [-0.1, -0.05) is 24.3 Å². The normalized spacial score (nSPS) is 10.9. The van der Waals surface area contributed by atoms with Crippen LogP contribution in [0, 0.1) is 0 Å². The fourth-order valence-corrected chi connectivity index (χ4v) is 1.77. The molecule has 1 N–H and O–H groups in total. The van der Waals surface area contributed by atoms with Gasteiger partial charge in [0.1, 0.15) is 13.0 Å². The molecule has 0 bridgehead atoms. The van der Waals surface area contributed by atoms with Crippen LogP contribution >= 0.6 is 0 Å². The Morgan fingerprint density at radius 1 is 1.28 bits per heavy atom. The first-order valence-electron chi connectivity index (χ1n) is 5.36. The Labute approximate surface area is 101 Å². The largest absolute Gasteiger partial charge is 0.348 e. The first kappa shape index (κ1) is 10.6. The van der Waals surface area contributed by atoms with Gasteiger partial charge in [-0.25, -0.2) is 14.2 Å². The van der Waals surface area contributed by atoms with E-state index in [0.717, 1.165) is 5.56 Å². The van der Waals surface area contributed by atoms with Gasteiger partial charge in [0.05, 0.1) is 5.69 Å². The summed E-state index contributed by atoms with van der Waals surface area (Å²) in [6.45, 7) is -0.500. The Bertz CT molecular complexity index is 745. The first-order chi connectivity index (χ1) is 8.78. The number of rotatable bonds is 2. The van der Waals surface area contributed by atoms with Crippen molar-refractivity contribution in [3.05, 3.63) is 52.7 Å². The van der Waals surface area contributed by atoms with E-state index in [9.17, 15) is 9.18 Å². The molecule has 0 atom stereocenters. The third-order valence-corrected chi connectivity index (χ3v) is 2.70. The zero-order chi connectivity index (χ0) is 12.5. The van der Waals surface area contributed by atoms with Crippen molar-refractivity contribution in [1.82, 2.24) is 19.6 Å². The van der Waals surface area contributed by atoms with Gasteiger partial charge < -0.3 is 4.98 Å². The average molecular weight is 244 g/mol. The molecule has 2 aromatic heterocycles. The average Bonchev–Trinajstić information content (AvgIpc) is 2.88. The molecule has 3 rings (SSSR count). The molecule has 5 nitrogen and oxygen atoms in total. The smallest absolute Gasteiger partial charge is 0.305 e. The van der Waals surface area contributed by atoms with Crippen LogP contribution in [0.2, 0.25) is 0 Å². The number of aromatic amines is 1. The quantitative estimate of drug-likeness (QED) is 0.744. The lowest BCUT2D eigenvalue weighted by Crippen LogP contribution is -2.17. The SMILES string of the molecule is O=c1[nH]c(-c2ccc(CF)cc2)cc2ncnn12. The monoisotopic (exact) mass is 244 g/mol. The maximum Gasteiger partial charge on any atom is 0.348 e. The number of benzene rings is 1. The number of fused-ring (bicyclic) bond motifs is 1. The van der Waals surface area contributed by atoms with E-state index in [4.69, 9.17) is 0 Å². The lowest BCUT2D eigenvalue weighted by molar-refractivity contribution is 0.485. The van der Waals surface area contributed by atoms with Crippen LogP contribution in [0.5, 0.6) is 0 Å². The first-order valence-corrected chi connectivity index (χ1v) is 5.36. The zero-order valence-corrected chi connectivity index (χ0v) is 9.30. The van der Waals surface area contributed by atoms with Crippen molar-refractivity contribution in [3.63, 3.8) is 0 Å². The van der Waals surface area contributed by atoms with E-state index in [1.54, 1.807) is 30.3 Å². The van der Waals surface area contributed by atoms with Gasteiger partial charge >= 0.3 is 5.69 Å². The second-order valence-electron chi connectivity index (χ2n) is 3.85. The zero-order valence-electron chi connectivity index (χ0n) is 9.30. The van der Waals surface area contributed by atoms with Crippen molar-refractivity contribution < 1.29 is 4.39 Å². The molecule has 90 valence electrons. The van der Waals surface area contributed by atoms with Gasteiger partial charge in [0.15, 0.2) is 5.65 Å². The molecule has 0 radical (unpaired) electrons. The molecular formula is C12H9FN4O. The van der Waals surface area contributed by atoms with Gasteiger partial charge in [0.25, 0.3) is 0 Å². The summed E-state index contributed by atoms with van der Waals surface area (Å²) >= 11 is 0. The van der Waals surface area contributed by atoms with Crippen molar-refractivity contribution >= 4 is 5.65 Å². The molecule has 6 heteroatoms. The summed E-state index contributed by atoms with van der Waals surface area (Å²) < 4.78 is 13.6. The molecule has 18 heavy (non-hydrogen) atoms. The highest BCUT2D eigenvalue weighted by molar-refractivity contribution is 5.63. The number of alkyl halides is 1. The van der Waals surface area contributed by atoms with E-state index in [-0.39, 0.29) is 5.69 Å². The van der Waals surface area contributed by atoms with Crippen LogP contribution in [0.4, 0.5) is 4.39 Å². The summed E-state index contributed by atoms with van der Waals surface area (Å²) in [6.07, 6.45) is 1.32. The Hall–Kier alpha value is -2.50. The van der Waals surface area contributed by atoms with Crippen molar-refractivity contribution in [2.45, 2.75) is 6.67 Å². The third kappa shape index (κ3) is 1.67. The molecule has 0 spiro atoms. The molecule has 0 unspecified atom stereocenters. The minimum atomic E-state index is -0.500. The van der Waals surface area contributed by atoms with Crippen molar-refractivity contribution in [2.75, 3.05) is 0 Å². The molecular weight excluding hydrogens is 235 g/mol. The van der Waals surface area contributed by atoms with Crippen LogP contribution in [0.3, 0.4) is 0 Å². The van der Waals surface area contributed by atoms with Gasteiger partial charge in [-0.15, -0.1) is 0 Å². The highest BCUT2D eigenvalue weighted by Crippen LogP contribution is 2.17. The number of hydrogen-bond donors (Lipinski definition) is 1. The Morgan fingerprint density at radius 2 is 2.06 bits per heavy atom. The fraction of sp³-hybridized carbons (Fsp3) is 0.0833. The van der Waals surface area contributed by atoms with Crippen LogP contribution in [0.25, 0.3) is 16.9 Å². The van der Waals surface area contributed by atoms with E-state index in [2.05, 4.69) is 15.1 Å². The van der Waals surface area contributed by atoms with E-state index < -0.39 is 6.67 Å². The van der Waals surface area contributed by atoms with Crippen LogP contribution in [-0.2, 0) is 6.67 Å². The van der Waals surface area contributed by atoms with Gasteiger partial charge in [-0.05, 0) is 11.1 Å². The van der Waals surface area contributed by atoms with Gasteiger partial charge in [0.2, 0.25) is 0 Å². The number of nitrogens with zero attached hydrogens (tertiary/aromatic N) is 3. The minimum Gasteiger partial charge on any atom is -0.305 e. The topological polar surface area (TPSA) is 63.0 Å². The highest BCUT2D eigenvalue weighted by atomic mass is 19.1. The van der Waals surface area contributed by atoms with Crippen molar-refractivity contribution in [2.24, 2.45) is 0 Å². The summed E-state index contributed by atoms with van der Waals surface area (Å²) in [5.41, 5.74) is 2.16. The van der Waals surface area contributed by atoms with Crippen LogP contribution in [0.1, 0.15) is 5.56 Å². The molecule has 1 aromatic carbocycles. The fourth-order valence-electron chi connectivity index (χ4n) is 1.77. The number of hydrogen-bond acceptors (Lipinski definition) is 3. The second-order valence-corrected chi connectivity index (χ2v) is 3.85. The summed E-state index contributed by atoms with van der Waals surface area (Å²) in [6, 6.07) is 8.60. The summed E-state index contributed by atoms with van der Waals surface area (Å²) in [7, 11) is 0. The van der Waals surface area contributed by atoms with E-state index >= 15 is 0 Å². The molecule has 0 saturated carbocycles. The summed E-state index contributed by atoms with van der Waals surface area (Å²) in [4.78, 5) is 18.4. The third-order valence-electron chi connectivity index (χ3n) is 2.70. The summed E-state index contributed by atoms with van der Waals surface area (Å²) in [5.74, 6) is 0. The molecule has 0 saturated heterocycles. The van der Waals surface area contributed by atoms with E-state index in [1.165, 1.54) is 10.8 Å². The number of halogens is 1. The maximum atomic E-state index is 12.4. The lowest BCUT2D eigenvalue weighted by Gasteiger charge is -2.02. The molecule has 0 aliphatic heterocycles. The van der Waals surface area contributed by atoms with Gasteiger partial charge in [-0.2, -0.15) is 9.61 Å². The van der Waals surface area contributed by atoms with Crippen LogP contribution in [-0.4, -0.2) is 19.6 Å². The van der Waals surface area contributed by atoms with Gasteiger partial charge in [0, 0.05) is 6.07 Å². The molecule has 2 heterocycles. The molecule has 0 aliphatic rings. The van der Waals surface area contributed by atoms with Gasteiger partial charge in [-0.3, -0.25) is 0 Å². The minimum absolute atomic E-state index is 0.352. The lowest BCUT2D eigenvalue weighted by atomic mass is 10.1. The maximum absolute atomic E-state index is 12.4. The predicted molar refractivity (Wildman–Crippen MR) is 63.9 cm³/mol. The van der Waals surface area contributed by atoms with E-state index in [0.29, 0.717) is 16.9 Å². The Kier molecular flexibility index (Phi) is 2.40. The number of nitrogens with one attached hydrogen (secondary N) is 1. The summed E-state index contributed by atoms with van der Waals surface area (Å²) in [5, 5.41) is 3.79. The van der Waals surface area contributed by atoms with Crippen molar-refractivity contribution in [3.8, 4) is 11.3 Å². The van der Waals surface area contributed by atoms with Crippen molar-refractivity contribution in [1.29, 1.82) is 0 Å². The Morgan fingerprint density at radius 3 is 2.78 bits per heavy atom. The standard InChI is InChI=1S/C12H9FN4O/c13-6-8-1-3-9(4-2-8)10-5-11-14-7-15-17(11)12(18)16-10/h1-5,7H,6H2,(H,16,18). The highest BCUT2D eigenvalue weighted by Gasteiger charge is 2.05. The molecule has 0 aliphatic carbocycles. The number of H-pyrrole nitrogens is 1. The number of aromatic nitrogens is 4. The molecule has 3 aromatic rings. The Balaban J connectivity index is 2.15. The van der Waals surface area contributed by atoms with Crippen LogP contribution in [0.15, 0.2) is 41.5 Å². The second kappa shape index (κ2) is 4.06. The van der Waals surface area contributed by atoms with E-state index in [1.807, 2.05) is 0 Å². The molecule has 0 amide bonds. The van der Waals surface area contributed by atoms with Crippen LogP contribution < -0.4 is 5.69 Å². The molecule has 0 fully saturated rings.